The van der Waals surface area contributed by atoms with E-state index in [-0.39, 0.29) is 5.41 Å². The molecule has 1 heterocycles. The monoisotopic (exact) mass is 188 g/mol. The van der Waals surface area contributed by atoms with Gasteiger partial charge in [-0.15, -0.1) is 0 Å². The van der Waals surface area contributed by atoms with Crippen LogP contribution >= 0.6 is 0 Å². The van der Waals surface area contributed by atoms with Crippen LogP contribution in [0, 0.1) is 5.41 Å². The summed E-state index contributed by atoms with van der Waals surface area (Å²) in [5.74, 6) is 0. The molecule has 2 nitrogen and oxygen atoms in total. The molecule has 0 bridgehead atoms. The van der Waals surface area contributed by atoms with Crippen LogP contribution in [-0.2, 0) is 0 Å². The Kier molecular flexibility index (Phi) is 1.88. The molecule has 14 heavy (non-hydrogen) atoms. The largest absolute Gasteiger partial charge is 0.399 e. The van der Waals surface area contributed by atoms with Gasteiger partial charge in [0.05, 0.1) is 5.70 Å². The third-order valence-electron chi connectivity index (χ3n) is 2.51. The van der Waals surface area contributed by atoms with Gasteiger partial charge in [0.2, 0.25) is 0 Å². The van der Waals surface area contributed by atoms with Crippen molar-refractivity contribution in [1.29, 1.82) is 0 Å². The minimum atomic E-state index is 0.125. The molecule has 0 saturated carbocycles. The van der Waals surface area contributed by atoms with E-state index in [1.165, 1.54) is 5.57 Å². The topological polar surface area (TPSA) is 38.4 Å². The van der Waals surface area contributed by atoms with Crippen molar-refractivity contribution in [3.63, 3.8) is 0 Å². The SMILES string of the molecule is CC(C)(C)C1=NC2=CC(N)=CCC2=C1. The van der Waals surface area contributed by atoms with Crippen molar-refractivity contribution in [1.82, 2.24) is 0 Å². The Morgan fingerprint density at radius 3 is 2.64 bits per heavy atom. The Hall–Kier alpha value is -1.31. The van der Waals surface area contributed by atoms with E-state index in [1.54, 1.807) is 0 Å². The third-order valence-corrected chi connectivity index (χ3v) is 2.51. The Bertz CT molecular complexity index is 387. The van der Waals surface area contributed by atoms with Crippen molar-refractivity contribution in [2.45, 2.75) is 27.2 Å². The number of hydrogen-bond acceptors (Lipinski definition) is 2. The van der Waals surface area contributed by atoms with Gasteiger partial charge in [0.1, 0.15) is 0 Å². The molecule has 0 spiro atoms. The van der Waals surface area contributed by atoms with Crippen LogP contribution in [0.25, 0.3) is 0 Å². The van der Waals surface area contributed by atoms with Gasteiger partial charge in [0.25, 0.3) is 0 Å². The molecule has 2 rings (SSSR count). The maximum atomic E-state index is 5.73. The molecule has 0 amide bonds. The van der Waals surface area contributed by atoms with E-state index in [1.807, 2.05) is 12.2 Å². The number of nitrogens with zero attached hydrogens (tertiary/aromatic N) is 1. The van der Waals surface area contributed by atoms with E-state index in [0.29, 0.717) is 0 Å². The molecule has 0 unspecified atom stereocenters. The second kappa shape index (κ2) is 2.84. The van der Waals surface area contributed by atoms with Crippen molar-refractivity contribution in [3.05, 3.63) is 35.2 Å². The molecule has 0 fully saturated rings. The minimum Gasteiger partial charge on any atom is -0.399 e. The minimum absolute atomic E-state index is 0.125. The summed E-state index contributed by atoms with van der Waals surface area (Å²) >= 11 is 0. The first-order valence-corrected chi connectivity index (χ1v) is 4.94. The molecule has 2 aliphatic rings. The Balaban J connectivity index is 2.36. The average Bonchev–Trinajstić information content (AvgIpc) is 2.45. The first-order chi connectivity index (χ1) is 6.47. The predicted molar refractivity (Wildman–Crippen MR) is 59.9 cm³/mol. The molecular formula is C12H16N2. The standard InChI is InChI=1S/C12H16N2/c1-12(2,3)11-6-8-4-5-9(13)7-10(8)14-11/h5-7H,4,13H2,1-3H3. The van der Waals surface area contributed by atoms with E-state index in [4.69, 9.17) is 5.73 Å². The summed E-state index contributed by atoms with van der Waals surface area (Å²) in [5.41, 5.74) is 10.2. The Morgan fingerprint density at radius 1 is 1.29 bits per heavy atom. The normalized spacial score (nSPS) is 20.8. The molecule has 0 aromatic rings. The highest BCUT2D eigenvalue weighted by Crippen LogP contribution is 2.32. The summed E-state index contributed by atoms with van der Waals surface area (Å²) in [5, 5.41) is 0. The van der Waals surface area contributed by atoms with Gasteiger partial charge in [0, 0.05) is 16.8 Å². The second-order valence-electron chi connectivity index (χ2n) is 4.85. The van der Waals surface area contributed by atoms with Crippen LogP contribution < -0.4 is 5.73 Å². The van der Waals surface area contributed by atoms with E-state index < -0.39 is 0 Å². The molecule has 1 aliphatic heterocycles. The highest BCUT2D eigenvalue weighted by atomic mass is 14.8. The van der Waals surface area contributed by atoms with E-state index in [0.717, 1.165) is 23.5 Å². The summed E-state index contributed by atoms with van der Waals surface area (Å²) in [7, 11) is 0. The third kappa shape index (κ3) is 1.52. The van der Waals surface area contributed by atoms with Crippen molar-refractivity contribution in [3.8, 4) is 0 Å². The molecule has 0 aromatic carbocycles. The van der Waals surface area contributed by atoms with Crippen LogP contribution in [0.5, 0.6) is 0 Å². The quantitative estimate of drug-likeness (QED) is 0.623. The molecule has 0 atom stereocenters. The molecule has 0 aromatic heterocycles. The fourth-order valence-corrected chi connectivity index (χ4v) is 1.59. The van der Waals surface area contributed by atoms with Crippen molar-refractivity contribution in [2.24, 2.45) is 16.1 Å². The number of rotatable bonds is 0. The van der Waals surface area contributed by atoms with E-state index >= 15 is 0 Å². The highest BCUT2D eigenvalue weighted by molar-refractivity contribution is 6.03. The van der Waals surface area contributed by atoms with Crippen LogP contribution in [0.15, 0.2) is 40.2 Å². The lowest BCUT2D eigenvalue weighted by Crippen LogP contribution is -2.16. The molecular weight excluding hydrogens is 172 g/mol. The average molecular weight is 188 g/mol. The van der Waals surface area contributed by atoms with Crippen LogP contribution in [0.3, 0.4) is 0 Å². The lowest BCUT2D eigenvalue weighted by atomic mass is 9.89. The lowest BCUT2D eigenvalue weighted by molar-refractivity contribution is 0.595. The van der Waals surface area contributed by atoms with Crippen LogP contribution in [0.2, 0.25) is 0 Å². The van der Waals surface area contributed by atoms with Gasteiger partial charge in [-0.25, -0.2) is 0 Å². The van der Waals surface area contributed by atoms with Gasteiger partial charge in [-0.3, -0.25) is 4.99 Å². The van der Waals surface area contributed by atoms with Crippen molar-refractivity contribution in [2.75, 3.05) is 0 Å². The highest BCUT2D eigenvalue weighted by Gasteiger charge is 2.24. The van der Waals surface area contributed by atoms with Gasteiger partial charge >= 0.3 is 0 Å². The van der Waals surface area contributed by atoms with E-state index in [9.17, 15) is 0 Å². The summed E-state index contributed by atoms with van der Waals surface area (Å²) in [4.78, 5) is 4.60. The van der Waals surface area contributed by atoms with Gasteiger partial charge in [-0.2, -0.15) is 0 Å². The number of allylic oxidation sites excluding steroid dienone is 4. The van der Waals surface area contributed by atoms with E-state index in [2.05, 4.69) is 31.8 Å². The molecule has 2 N–H and O–H groups in total. The number of aliphatic imine (C=N–C) groups is 1. The van der Waals surface area contributed by atoms with Crippen LogP contribution in [0.4, 0.5) is 0 Å². The Labute approximate surface area is 84.9 Å². The van der Waals surface area contributed by atoms with Crippen LogP contribution in [0.1, 0.15) is 27.2 Å². The number of fused-ring (bicyclic) bond motifs is 1. The predicted octanol–water partition coefficient (Wildman–Crippen LogP) is 2.54. The first-order valence-electron chi connectivity index (χ1n) is 4.94. The van der Waals surface area contributed by atoms with Crippen LogP contribution in [-0.4, -0.2) is 5.71 Å². The van der Waals surface area contributed by atoms with Crippen molar-refractivity contribution < 1.29 is 0 Å². The van der Waals surface area contributed by atoms with Gasteiger partial charge < -0.3 is 5.73 Å². The molecule has 2 heteroatoms. The molecule has 0 saturated heterocycles. The summed E-state index contributed by atoms with van der Waals surface area (Å²) in [6, 6.07) is 0. The van der Waals surface area contributed by atoms with Crippen molar-refractivity contribution >= 4 is 5.71 Å². The summed E-state index contributed by atoms with van der Waals surface area (Å²) in [6.07, 6.45) is 7.10. The number of hydrogen-bond donors (Lipinski definition) is 1. The molecule has 1 aliphatic carbocycles. The fraction of sp³-hybridized carbons (Fsp3) is 0.417. The summed E-state index contributed by atoms with van der Waals surface area (Å²) in [6.45, 7) is 6.53. The van der Waals surface area contributed by atoms with Gasteiger partial charge in [-0.05, 0) is 24.1 Å². The second-order valence-corrected chi connectivity index (χ2v) is 4.85. The zero-order valence-electron chi connectivity index (χ0n) is 8.96. The first kappa shape index (κ1) is 9.25. The maximum absolute atomic E-state index is 5.73. The molecule has 74 valence electrons. The zero-order chi connectivity index (χ0) is 10.3. The summed E-state index contributed by atoms with van der Waals surface area (Å²) < 4.78 is 0. The Morgan fingerprint density at radius 2 is 2.00 bits per heavy atom. The lowest BCUT2D eigenvalue weighted by Gasteiger charge is -2.16. The maximum Gasteiger partial charge on any atom is 0.0689 e. The smallest absolute Gasteiger partial charge is 0.0689 e. The van der Waals surface area contributed by atoms with Gasteiger partial charge in [-0.1, -0.05) is 26.8 Å². The number of nitrogens with two attached hydrogens (primary N) is 1. The zero-order valence-corrected chi connectivity index (χ0v) is 8.96. The molecule has 0 radical (unpaired) electrons. The van der Waals surface area contributed by atoms with Gasteiger partial charge in [0.15, 0.2) is 0 Å². The fourth-order valence-electron chi connectivity index (χ4n) is 1.59.